The van der Waals surface area contributed by atoms with Crippen LogP contribution in [-0.2, 0) is 6.42 Å². The molecule has 0 amide bonds. The van der Waals surface area contributed by atoms with Gasteiger partial charge in [0, 0.05) is 37.5 Å². The number of guanidine groups is 1. The van der Waals surface area contributed by atoms with Crippen LogP contribution in [0.4, 0.5) is 5.69 Å². The Morgan fingerprint density at radius 1 is 1.13 bits per heavy atom. The number of ether oxygens (including phenoxy) is 2. The van der Waals surface area contributed by atoms with Gasteiger partial charge in [-0.25, -0.2) is 0 Å². The highest BCUT2D eigenvalue weighted by Gasteiger charge is 2.07. The van der Waals surface area contributed by atoms with E-state index in [1.165, 1.54) is 0 Å². The maximum absolute atomic E-state index is 5.57. The van der Waals surface area contributed by atoms with Crippen LogP contribution >= 0.6 is 24.0 Å². The molecule has 2 N–H and O–H groups in total. The van der Waals surface area contributed by atoms with Gasteiger partial charge < -0.3 is 20.1 Å². The summed E-state index contributed by atoms with van der Waals surface area (Å²) >= 11 is 0. The number of rotatable bonds is 9. The molecule has 0 atom stereocenters. The molecule has 9 heteroatoms. The summed E-state index contributed by atoms with van der Waals surface area (Å²) in [6.45, 7) is 6.02. The van der Waals surface area contributed by atoms with Gasteiger partial charge in [0.25, 0.3) is 0 Å². The maximum Gasteiger partial charge on any atom is 0.195 e. The zero-order chi connectivity index (χ0) is 20.5. The molecule has 0 bridgehead atoms. The summed E-state index contributed by atoms with van der Waals surface area (Å²) in [7, 11) is 1.63. The Morgan fingerprint density at radius 3 is 2.77 bits per heavy atom. The lowest BCUT2D eigenvalue weighted by atomic mass is 10.2. The lowest BCUT2D eigenvalue weighted by Gasteiger charge is -2.14. The van der Waals surface area contributed by atoms with Crippen LogP contribution in [0.2, 0.25) is 0 Å². The number of nitrogens with zero attached hydrogens (tertiary/aromatic N) is 4. The summed E-state index contributed by atoms with van der Waals surface area (Å²) < 4.78 is 13.0. The number of hydrogen-bond donors (Lipinski definition) is 2. The number of anilines is 1. The number of fused-ring (bicyclic) bond motifs is 1. The van der Waals surface area contributed by atoms with E-state index in [9.17, 15) is 0 Å². The fourth-order valence-electron chi connectivity index (χ4n) is 2.95. The van der Waals surface area contributed by atoms with Crippen molar-refractivity contribution >= 4 is 41.3 Å². The highest BCUT2D eigenvalue weighted by molar-refractivity contribution is 14.0. The van der Waals surface area contributed by atoms with E-state index in [4.69, 9.17) is 9.47 Å². The topological polar surface area (TPSA) is 85.1 Å². The maximum atomic E-state index is 5.57. The lowest BCUT2D eigenvalue weighted by Crippen LogP contribution is -2.30. The van der Waals surface area contributed by atoms with Crippen LogP contribution < -0.4 is 20.1 Å². The average molecular weight is 524 g/mol. The van der Waals surface area contributed by atoms with Gasteiger partial charge in [0.05, 0.1) is 13.7 Å². The van der Waals surface area contributed by atoms with Crippen molar-refractivity contribution in [2.24, 2.45) is 4.99 Å². The first-order chi connectivity index (χ1) is 14.2. The molecule has 3 rings (SSSR count). The quantitative estimate of drug-likeness (QED) is 0.192. The number of nitrogens with one attached hydrogen (secondary N) is 2. The first-order valence-electron chi connectivity index (χ1n) is 9.90. The minimum Gasteiger partial charge on any atom is -0.493 e. The molecule has 0 saturated heterocycles. The van der Waals surface area contributed by atoms with Crippen molar-refractivity contribution in [2.75, 3.05) is 32.1 Å². The third-order valence-corrected chi connectivity index (χ3v) is 4.28. The summed E-state index contributed by atoms with van der Waals surface area (Å²) in [5.74, 6) is 3.09. The second-order valence-corrected chi connectivity index (χ2v) is 6.33. The van der Waals surface area contributed by atoms with Crippen molar-refractivity contribution in [3.63, 3.8) is 0 Å². The van der Waals surface area contributed by atoms with Gasteiger partial charge in [-0.3, -0.25) is 9.39 Å². The SMILES string of the molecule is CCNC(=NCCCc1nnc2ccccn12)Nc1ccc(OCC)c(OC)c1.I. The largest absolute Gasteiger partial charge is 0.493 e. The van der Waals surface area contributed by atoms with Crippen molar-refractivity contribution < 1.29 is 9.47 Å². The molecule has 0 radical (unpaired) electrons. The molecule has 0 aliphatic heterocycles. The molecule has 0 aliphatic carbocycles. The van der Waals surface area contributed by atoms with E-state index in [1.807, 2.05) is 60.8 Å². The second-order valence-electron chi connectivity index (χ2n) is 6.33. The van der Waals surface area contributed by atoms with Crippen LogP contribution in [0.25, 0.3) is 5.65 Å². The van der Waals surface area contributed by atoms with E-state index in [1.54, 1.807) is 7.11 Å². The molecule has 0 unspecified atom stereocenters. The molecule has 0 saturated carbocycles. The molecule has 3 aromatic rings. The molecule has 162 valence electrons. The predicted molar refractivity (Wildman–Crippen MR) is 130 cm³/mol. The summed E-state index contributed by atoms with van der Waals surface area (Å²) in [6.07, 6.45) is 3.67. The number of aryl methyl sites for hydroxylation is 1. The minimum atomic E-state index is 0. The number of hydrogen-bond acceptors (Lipinski definition) is 5. The van der Waals surface area contributed by atoms with E-state index in [2.05, 4.69) is 25.8 Å². The van der Waals surface area contributed by atoms with Crippen LogP contribution in [0.15, 0.2) is 47.6 Å². The molecule has 1 aromatic carbocycles. The third-order valence-electron chi connectivity index (χ3n) is 4.28. The van der Waals surface area contributed by atoms with Crippen molar-refractivity contribution in [1.29, 1.82) is 0 Å². The monoisotopic (exact) mass is 524 g/mol. The fourth-order valence-corrected chi connectivity index (χ4v) is 2.95. The van der Waals surface area contributed by atoms with Gasteiger partial charge in [0.15, 0.2) is 23.1 Å². The number of aliphatic imine (C=N–C) groups is 1. The highest BCUT2D eigenvalue weighted by Crippen LogP contribution is 2.30. The zero-order valence-electron chi connectivity index (χ0n) is 17.6. The van der Waals surface area contributed by atoms with Gasteiger partial charge in [-0.1, -0.05) is 6.07 Å². The van der Waals surface area contributed by atoms with Crippen molar-refractivity contribution in [2.45, 2.75) is 26.7 Å². The Balaban J connectivity index is 0.00000320. The average Bonchev–Trinajstić information content (AvgIpc) is 3.15. The van der Waals surface area contributed by atoms with E-state index in [0.717, 1.165) is 48.3 Å². The Bertz CT molecular complexity index is 960. The van der Waals surface area contributed by atoms with Gasteiger partial charge in [0.2, 0.25) is 0 Å². The van der Waals surface area contributed by atoms with Gasteiger partial charge >= 0.3 is 0 Å². The van der Waals surface area contributed by atoms with Crippen LogP contribution in [0.1, 0.15) is 26.1 Å². The summed E-state index contributed by atoms with van der Waals surface area (Å²) in [6, 6.07) is 11.6. The number of pyridine rings is 1. The molecule has 8 nitrogen and oxygen atoms in total. The summed E-state index contributed by atoms with van der Waals surface area (Å²) in [4.78, 5) is 4.67. The number of halogens is 1. The molecule has 2 aromatic heterocycles. The van der Waals surface area contributed by atoms with Gasteiger partial charge in [0.1, 0.15) is 5.82 Å². The van der Waals surface area contributed by atoms with E-state index < -0.39 is 0 Å². The Labute approximate surface area is 194 Å². The van der Waals surface area contributed by atoms with Crippen molar-refractivity contribution in [3.8, 4) is 11.5 Å². The Kier molecular flexibility index (Phi) is 9.65. The van der Waals surface area contributed by atoms with E-state index >= 15 is 0 Å². The standard InChI is InChI=1S/C21H28N6O2.HI/c1-4-22-21(24-16-11-12-17(29-5-2)18(15-16)28-3)23-13-8-10-20-26-25-19-9-6-7-14-27(19)20;/h6-7,9,11-12,14-15H,4-5,8,10,13H2,1-3H3,(H2,22,23,24);1H. The zero-order valence-corrected chi connectivity index (χ0v) is 19.9. The summed E-state index contributed by atoms with van der Waals surface area (Å²) in [5, 5.41) is 15.0. The highest BCUT2D eigenvalue weighted by atomic mass is 127. The Hall–Kier alpha value is -2.56. The fraction of sp³-hybridized carbons (Fsp3) is 0.381. The van der Waals surface area contributed by atoms with Crippen molar-refractivity contribution in [3.05, 3.63) is 48.4 Å². The number of methoxy groups -OCH3 is 1. The predicted octanol–water partition coefficient (Wildman–Crippen LogP) is 3.76. The molecule has 0 aliphatic rings. The molecule has 0 spiro atoms. The summed E-state index contributed by atoms with van der Waals surface area (Å²) in [5.41, 5.74) is 1.75. The smallest absolute Gasteiger partial charge is 0.195 e. The van der Waals surface area contributed by atoms with Crippen LogP contribution in [0, 0.1) is 0 Å². The first kappa shape index (κ1) is 23.7. The van der Waals surface area contributed by atoms with Crippen LogP contribution in [0.3, 0.4) is 0 Å². The van der Waals surface area contributed by atoms with Gasteiger partial charge in [-0.2, -0.15) is 0 Å². The number of aromatic nitrogens is 3. The molecule has 0 fully saturated rings. The van der Waals surface area contributed by atoms with Crippen LogP contribution in [0.5, 0.6) is 11.5 Å². The molecular weight excluding hydrogens is 495 g/mol. The van der Waals surface area contributed by atoms with Crippen molar-refractivity contribution in [1.82, 2.24) is 19.9 Å². The molecular formula is C21H29IN6O2. The lowest BCUT2D eigenvalue weighted by molar-refractivity contribution is 0.311. The van der Waals surface area contributed by atoms with Gasteiger partial charge in [-0.05, 0) is 44.5 Å². The molecule has 2 heterocycles. The van der Waals surface area contributed by atoms with Gasteiger partial charge in [-0.15, -0.1) is 34.2 Å². The van der Waals surface area contributed by atoms with E-state index in [0.29, 0.717) is 18.9 Å². The Morgan fingerprint density at radius 2 is 2.00 bits per heavy atom. The number of benzene rings is 1. The molecule has 30 heavy (non-hydrogen) atoms. The first-order valence-corrected chi connectivity index (χ1v) is 9.90. The van der Waals surface area contributed by atoms with Crippen LogP contribution in [-0.4, -0.2) is 47.4 Å². The van der Waals surface area contributed by atoms with E-state index in [-0.39, 0.29) is 24.0 Å². The third kappa shape index (κ3) is 6.22. The second kappa shape index (κ2) is 12.2. The normalized spacial score (nSPS) is 11.1. The minimum absolute atomic E-state index is 0.